The van der Waals surface area contributed by atoms with Crippen LogP contribution in [-0.4, -0.2) is 40.9 Å². The smallest absolute Gasteiger partial charge is 0.351 e. The third kappa shape index (κ3) is 5.24. The van der Waals surface area contributed by atoms with E-state index in [2.05, 4.69) is 10.3 Å². The van der Waals surface area contributed by atoms with Crippen LogP contribution in [0.5, 0.6) is 0 Å². The molecule has 1 aromatic heterocycles. The molecule has 0 radical (unpaired) electrons. The minimum atomic E-state index is -0.932. The van der Waals surface area contributed by atoms with Crippen LogP contribution in [0.15, 0.2) is 41.3 Å². The van der Waals surface area contributed by atoms with E-state index in [0.717, 1.165) is 10.8 Å². The fourth-order valence-corrected chi connectivity index (χ4v) is 2.62. The van der Waals surface area contributed by atoms with E-state index >= 15 is 0 Å². The summed E-state index contributed by atoms with van der Waals surface area (Å²) in [6.45, 7) is 1.66. The van der Waals surface area contributed by atoms with Gasteiger partial charge in [0.25, 0.3) is 5.91 Å². The number of hydrogen-bond acceptors (Lipinski definition) is 7. The van der Waals surface area contributed by atoms with E-state index in [1.54, 1.807) is 30.3 Å². The zero-order valence-electron chi connectivity index (χ0n) is 15.7. The molecule has 0 spiro atoms. The van der Waals surface area contributed by atoms with Crippen LogP contribution in [0.4, 0.5) is 10.2 Å². The summed E-state index contributed by atoms with van der Waals surface area (Å²) in [5.74, 6) is -2.37. The number of rotatable bonds is 7. The van der Waals surface area contributed by atoms with Crippen molar-refractivity contribution in [2.24, 2.45) is 0 Å². The second kappa shape index (κ2) is 9.39. The van der Waals surface area contributed by atoms with Crippen LogP contribution >= 0.6 is 0 Å². The zero-order chi connectivity index (χ0) is 20.8. The summed E-state index contributed by atoms with van der Waals surface area (Å²) in [6, 6.07) is 8.14. The van der Waals surface area contributed by atoms with E-state index in [0.29, 0.717) is 12.0 Å². The molecule has 3 rings (SSSR count). The Balaban J connectivity index is 1.64. The van der Waals surface area contributed by atoms with Crippen molar-refractivity contribution >= 4 is 17.7 Å². The number of aromatic nitrogens is 2. The summed E-state index contributed by atoms with van der Waals surface area (Å²) in [5, 5.41) is 2.27. The highest BCUT2D eigenvalue weighted by Gasteiger charge is 2.30. The molecule has 154 valence electrons. The fourth-order valence-electron chi connectivity index (χ4n) is 2.62. The van der Waals surface area contributed by atoms with Gasteiger partial charge in [-0.25, -0.2) is 9.18 Å². The van der Waals surface area contributed by atoms with Crippen LogP contribution in [-0.2, 0) is 19.0 Å². The second-order valence-corrected chi connectivity index (χ2v) is 6.23. The van der Waals surface area contributed by atoms with Crippen molar-refractivity contribution in [3.05, 3.63) is 58.4 Å². The van der Waals surface area contributed by atoms with Gasteiger partial charge in [0.15, 0.2) is 24.2 Å². The quantitative estimate of drug-likeness (QED) is 0.700. The van der Waals surface area contributed by atoms with Crippen molar-refractivity contribution in [1.29, 1.82) is 0 Å². The fraction of sp³-hybridized carbons (Fsp3) is 0.368. The van der Waals surface area contributed by atoms with E-state index < -0.39 is 35.7 Å². The van der Waals surface area contributed by atoms with E-state index in [1.807, 2.05) is 6.92 Å². The standard InChI is InChI=1S/C19H20FN3O6/c1-2-6-15(24)27-11-16-28-10-14(29-16)23-9-13(20)17(22-19(23)26)21-18(25)12-7-4-3-5-8-12/h3-5,7-9,14,16H,2,6,10-11H2,1H3,(H,21,22,25,26)/t14-,16?/m1/s1. The molecule has 1 unspecified atom stereocenters. The van der Waals surface area contributed by atoms with E-state index in [1.165, 1.54) is 0 Å². The first-order valence-corrected chi connectivity index (χ1v) is 9.05. The summed E-state index contributed by atoms with van der Waals surface area (Å²) >= 11 is 0. The summed E-state index contributed by atoms with van der Waals surface area (Å²) < 4.78 is 31.1. The number of hydrogen-bond donors (Lipinski definition) is 1. The number of amides is 1. The Hall–Kier alpha value is -3.11. The lowest BCUT2D eigenvalue weighted by atomic mass is 10.2. The Labute approximate surface area is 165 Å². The third-order valence-corrected chi connectivity index (χ3v) is 4.05. The first-order chi connectivity index (χ1) is 14.0. The number of anilines is 1. The third-order valence-electron chi connectivity index (χ3n) is 4.05. The van der Waals surface area contributed by atoms with Crippen molar-refractivity contribution in [2.75, 3.05) is 18.5 Å². The SMILES string of the molecule is CCCC(=O)OCC1OC[C@H](n2cc(F)c(NC(=O)c3ccccc3)nc2=O)O1. The Bertz CT molecular complexity index is 933. The molecule has 2 atom stereocenters. The molecule has 1 aromatic carbocycles. The number of carbonyl (C=O) groups is 2. The summed E-state index contributed by atoms with van der Waals surface area (Å²) in [6.07, 6.45) is 0.0176. The molecule has 1 fully saturated rings. The number of nitrogens with zero attached hydrogens (tertiary/aromatic N) is 2. The van der Waals surface area contributed by atoms with E-state index in [9.17, 15) is 18.8 Å². The van der Waals surface area contributed by atoms with Gasteiger partial charge in [-0.1, -0.05) is 25.1 Å². The average molecular weight is 405 g/mol. The van der Waals surface area contributed by atoms with Gasteiger partial charge >= 0.3 is 11.7 Å². The molecule has 0 aliphatic carbocycles. The van der Waals surface area contributed by atoms with Gasteiger partial charge in [0, 0.05) is 12.0 Å². The molecular weight excluding hydrogens is 385 g/mol. The Kier molecular flexibility index (Phi) is 6.68. The lowest BCUT2D eigenvalue weighted by Crippen LogP contribution is -2.31. The van der Waals surface area contributed by atoms with Crippen LogP contribution in [0.1, 0.15) is 36.4 Å². The van der Waals surface area contributed by atoms with Crippen molar-refractivity contribution in [3.63, 3.8) is 0 Å². The van der Waals surface area contributed by atoms with Crippen LogP contribution in [0.2, 0.25) is 0 Å². The first-order valence-electron chi connectivity index (χ1n) is 9.05. The number of carbonyl (C=O) groups excluding carboxylic acids is 2. The molecule has 2 aromatic rings. The summed E-state index contributed by atoms with van der Waals surface area (Å²) in [4.78, 5) is 39.4. The molecule has 0 saturated carbocycles. The van der Waals surface area contributed by atoms with E-state index in [4.69, 9.17) is 14.2 Å². The highest BCUT2D eigenvalue weighted by molar-refractivity contribution is 6.03. The zero-order valence-corrected chi connectivity index (χ0v) is 15.7. The number of esters is 1. The highest BCUT2D eigenvalue weighted by atomic mass is 19.1. The van der Waals surface area contributed by atoms with Gasteiger partial charge in [0.05, 0.1) is 12.8 Å². The molecule has 1 saturated heterocycles. The Morgan fingerprint density at radius 1 is 1.34 bits per heavy atom. The van der Waals surface area contributed by atoms with Crippen molar-refractivity contribution in [2.45, 2.75) is 32.3 Å². The molecule has 1 N–H and O–H groups in total. The van der Waals surface area contributed by atoms with Gasteiger partial charge in [0.2, 0.25) is 0 Å². The molecule has 1 aliphatic heterocycles. The van der Waals surface area contributed by atoms with Crippen LogP contribution < -0.4 is 11.0 Å². The minimum Gasteiger partial charge on any atom is -0.460 e. The normalized spacial score (nSPS) is 18.4. The monoisotopic (exact) mass is 405 g/mol. The number of ether oxygens (including phenoxy) is 3. The average Bonchev–Trinajstić information content (AvgIpc) is 3.18. The van der Waals surface area contributed by atoms with Gasteiger partial charge in [-0.3, -0.25) is 14.2 Å². The second-order valence-electron chi connectivity index (χ2n) is 6.23. The van der Waals surface area contributed by atoms with Gasteiger partial charge in [-0.15, -0.1) is 0 Å². The molecule has 0 bridgehead atoms. The van der Waals surface area contributed by atoms with Gasteiger partial charge in [-0.2, -0.15) is 4.98 Å². The summed E-state index contributed by atoms with van der Waals surface area (Å²) in [7, 11) is 0. The van der Waals surface area contributed by atoms with Gasteiger partial charge < -0.3 is 19.5 Å². The van der Waals surface area contributed by atoms with Gasteiger partial charge in [-0.05, 0) is 18.6 Å². The molecule has 29 heavy (non-hydrogen) atoms. The topological polar surface area (TPSA) is 109 Å². The molecule has 1 amide bonds. The van der Waals surface area contributed by atoms with Gasteiger partial charge in [0.1, 0.15) is 6.61 Å². The van der Waals surface area contributed by atoms with Crippen LogP contribution in [0, 0.1) is 5.82 Å². The van der Waals surface area contributed by atoms with Crippen LogP contribution in [0.25, 0.3) is 0 Å². The number of benzene rings is 1. The van der Waals surface area contributed by atoms with E-state index in [-0.39, 0.29) is 25.6 Å². The highest BCUT2D eigenvalue weighted by Crippen LogP contribution is 2.21. The Morgan fingerprint density at radius 3 is 2.83 bits per heavy atom. The predicted molar refractivity (Wildman–Crippen MR) is 98.6 cm³/mol. The molecule has 2 heterocycles. The van der Waals surface area contributed by atoms with Crippen LogP contribution in [0.3, 0.4) is 0 Å². The Morgan fingerprint density at radius 2 is 2.10 bits per heavy atom. The van der Waals surface area contributed by atoms with Crippen molar-refractivity contribution < 1.29 is 28.2 Å². The molecular formula is C19H20FN3O6. The summed E-state index contributed by atoms with van der Waals surface area (Å²) in [5.41, 5.74) is -0.530. The van der Waals surface area contributed by atoms with Crippen molar-refractivity contribution in [3.8, 4) is 0 Å². The minimum absolute atomic E-state index is 0.0489. The predicted octanol–water partition coefficient (Wildman–Crippen LogP) is 1.85. The maximum absolute atomic E-state index is 14.4. The van der Waals surface area contributed by atoms with Crippen molar-refractivity contribution in [1.82, 2.24) is 9.55 Å². The number of nitrogens with one attached hydrogen (secondary N) is 1. The lowest BCUT2D eigenvalue weighted by molar-refractivity contribution is -0.159. The maximum Gasteiger partial charge on any atom is 0.351 e. The molecule has 10 heteroatoms. The largest absolute Gasteiger partial charge is 0.460 e. The molecule has 9 nitrogen and oxygen atoms in total. The lowest BCUT2D eigenvalue weighted by Gasteiger charge is -2.14. The first kappa shape index (κ1) is 20.6. The maximum atomic E-state index is 14.4. The molecule has 1 aliphatic rings. The number of halogens is 1.